The maximum absolute atomic E-state index is 11.7. The smallest absolute Gasteiger partial charge is 0.227 e. The van der Waals surface area contributed by atoms with E-state index in [1.54, 1.807) is 6.08 Å². The van der Waals surface area contributed by atoms with Gasteiger partial charge < -0.3 is 10.2 Å². The molecule has 1 N–H and O–H groups in total. The van der Waals surface area contributed by atoms with Crippen LogP contribution in [0.4, 0.5) is 11.8 Å². The minimum Gasteiger partial charge on any atom is -0.366 e. The van der Waals surface area contributed by atoms with Crippen LogP contribution in [0.1, 0.15) is 19.0 Å². The van der Waals surface area contributed by atoms with Gasteiger partial charge in [0.1, 0.15) is 5.82 Å². The first-order valence-corrected chi connectivity index (χ1v) is 8.95. The van der Waals surface area contributed by atoms with Gasteiger partial charge in [-0.05, 0) is 20.3 Å². The number of anilines is 2. The molecule has 0 saturated carbocycles. The van der Waals surface area contributed by atoms with Crippen LogP contribution in [0, 0.1) is 6.92 Å². The van der Waals surface area contributed by atoms with Crippen LogP contribution in [0.3, 0.4) is 0 Å². The average molecular weight is 310 g/mol. The summed E-state index contributed by atoms with van der Waals surface area (Å²) < 4.78 is 23.4. The van der Waals surface area contributed by atoms with Crippen LogP contribution in [0.15, 0.2) is 18.7 Å². The molecule has 2 heterocycles. The van der Waals surface area contributed by atoms with Gasteiger partial charge in [0.25, 0.3) is 0 Å². The summed E-state index contributed by atoms with van der Waals surface area (Å²) in [4.78, 5) is 10.9. The third-order valence-corrected chi connectivity index (χ3v) is 5.27. The predicted molar refractivity (Wildman–Crippen MR) is 85.5 cm³/mol. The molecule has 0 aliphatic carbocycles. The summed E-state index contributed by atoms with van der Waals surface area (Å²) in [6, 6.07) is 1.83. The summed E-state index contributed by atoms with van der Waals surface area (Å²) in [5.74, 6) is 1.76. The molecule has 0 amide bonds. The molecule has 1 aliphatic rings. The Morgan fingerprint density at radius 3 is 2.86 bits per heavy atom. The quantitative estimate of drug-likeness (QED) is 0.801. The van der Waals surface area contributed by atoms with Crippen molar-refractivity contribution in [3.05, 3.63) is 24.4 Å². The van der Waals surface area contributed by atoms with Gasteiger partial charge in [0.2, 0.25) is 5.95 Å². The van der Waals surface area contributed by atoms with Crippen molar-refractivity contribution >= 4 is 21.6 Å². The first kappa shape index (κ1) is 15.8. The van der Waals surface area contributed by atoms with Gasteiger partial charge in [0, 0.05) is 30.9 Å². The lowest BCUT2D eigenvalue weighted by atomic mass is 10.2. The third kappa shape index (κ3) is 3.93. The maximum atomic E-state index is 11.7. The zero-order valence-electron chi connectivity index (χ0n) is 12.5. The number of nitrogens with one attached hydrogen (secondary N) is 1. The van der Waals surface area contributed by atoms with Crippen molar-refractivity contribution < 1.29 is 8.42 Å². The van der Waals surface area contributed by atoms with Gasteiger partial charge in [-0.1, -0.05) is 6.08 Å². The molecule has 0 radical (unpaired) electrons. The van der Waals surface area contributed by atoms with Crippen molar-refractivity contribution in [2.75, 3.05) is 34.8 Å². The number of nitrogens with zero attached hydrogens (tertiary/aromatic N) is 3. The highest BCUT2D eigenvalue weighted by Gasteiger charge is 2.33. The molecule has 1 aromatic rings. The van der Waals surface area contributed by atoms with Gasteiger partial charge in [-0.15, -0.1) is 6.58 Å². The van der Waals surface area contributed by atoms with Gasteiger partial charge in [-0.25, -0.2) is 13.4 Å². The second-order valence-electron chi connectivity index (χ2n) is 5.21. The third-order valence-electron chi connectivity index (χ3n) is 3.52. The Labute approximate surface area is 126 Å². The summed E-state index contributed by atoms with van der Waals surface area (Å²) >= 11 is 0. The van der Waals surface area contributed by atoms with Crippen LogP contribution in [0.25, 0.3) is 0 Å². The normalized spacial score (nSPS) is 20.2. The zero-order chi connectivity index (χ0) is 15.5. The fourth-order valence-corrected chi connectivity index (χ4v) is 4.26. The number of rotatable bonds is 6. The largest absolute Gasteiger partial charge is 0.366 e. The number of hydrogen-bond donors (Lipinski definition) is 1. The van der Waals surface area contributed by atoms with Gasteiger partial charge in [0.05, 0.1) is 11.5 Å². The molecule has 1 fully saturated rings. The number of aromatic nitrogens is 2. The Hall–Kier alpha value is -1.63. The molecular weight excluding hydrogens is 288 g/mol. The van der Waals surface area contributed by atoms with Crippen molar-refractivity contribution in [2.45, 2.75) is 26.3 Å². The van der Waals surface area contributed by atoms with E-state index in [0.29, 0.717) is 25.5 Å². The second kappa shape index (κ2) is 6.43. The highest BCUT2D eigenvalue weighted by Crippen LogP contribution is 2.23. The minimum absolute atomic E-state index is 0.0333. The standard InChI is InChI=1S/C14H22N4O2S/c1-4-7-15-13-9-11(3)16-14(17-13)18(5-2)12-6-8-21(19,20)10-12/h4,9,12H,1,5-8,10H2,2-3H3,(H,15,16,17). The summed E-state index contributed by atoms with van der Waals surface area (Å²) in [7, 11) is -2.92. The molecule has 1 unspecified atom stereocenters. The maximum Gasteiger partial charge on any atom is 0.227 e. The van der Waals surface area contributed by atoms with E-state index in [4.69, 9.17) is 0 Å². The van der Waals surface area contributed by atoms with Crippen LogP contribution in [-0.2, 0) is 9.84 Å². The molecule has 1 aromatic heterocycles. The molecule has 7 heteroatoms. The van der Waals surface area contributed by atoms with E-state index in [1.807, 2.05) is 24.8 Å². The summed E-state index contributed by atoms with van der Waals surface area (Å²) in [5, 5.41) is 3.15. The minimum atomic E-state index is -2.92. The van der Waals surface area contributed by atoms with E-state index in [1.165, 1.54) is 0 Å². The first-order chi connectivity index (χ1) is 9.95. The van der Waals surface area contributed by atoms with E-state index in [2.05, 4.69) is 21.9 Å². The van der Waals surface area contributed by atoms with E-state index < -0.39 is 9.84 Å². The highest BCUT2D eigenvalue weighted by atomic mass is 32.2. The molecule has 6 nitrogen and oxygen atoms in total. The molecule has 0 bridgehead atoms. The molecule has 0 aromatic carbocycles. The van der Waals surface area contributed by atoms with E-state index in [-0.39, 0.29) is 17.5 Å². The average Bonchev–Trinajstić information content (AvgIpc) is 2.77. The van der Waals surface area contributed by atoms with Gasteiger partial charge >= 0.3 is 0 Å². The monoisotopic (exact) mass is 310 g/mol. The molecule has 116 valence electrons. The van der Waals surface area contributed by atoms with Crippen LogP contribution in [0.2, 0.25) is 0 Å². The molecule has 21 heavy (non-hydrogen) atoms. The Balaban J connectivity index is 2.25. The molecule has 1 aliphatic heterocycles. The number of sulfone groups is 1. The van der Waals surface area contributed by atoms with Crippen LogP contribution < -0.4 is 10.2 Å². The molecule has 1 atom stereocenters. The lowest BCUT2D eigenvalue weighted by Crippen LogP contribution is -2.37. The van der Waals surface area contributed by atoms with Crippen molar-refractivity contribution in [1.82, 2.24) is 9.97 Å². The molecular formula is C14H22N4O2S. The van der Waals surface area contributed by atoms with Crippen molar-refractivity contribution in [2.24, 2.45) is 0 Å². The number of hydrogen-bond acceptors (Lipinski definition) is 6. The van der Waals surface area contributed by atoms with Gasteiger partial charge in [-0.2, -0.15) is 4.98 Å². The lowest BCUT2D eigenvalue weighted by molar-refractivity contribution is 0.599. The van der Waals surface area contributed by atoms with E-state index >= 15 is 0 Å². The van der Waals surface area contributed by atoms with Crippen LogP contribution >= 0.6 is 0 Å². The van der Waals surface area contributed by atoms with E-state index in [0.717, 1.165) is 11.5 Å². The Morgan fingerprint density at radius 1 is 1.52 bits per heavy atom. The second-order valence-corrected chi connectivity index (χ2v) is 7.44. The lowest BCUT2D eigenvalue weighted by Gasteiger charge is -2.27. The summed E-state index contributed by atoms with van der Waals surface area (Å²) in [6.07, 6.45) is 2.40. The van der Waals surface area contributed by atoms with Gasteiger partial charge in [-0.3, -0.25) is 0 Å². The van der Waals surface area contributed by atoms with Crippen molar-refractivity contribution in [1.29, 1.82) is 0 Å². The van der Waals surface area contributed by atoms with Crippen molar-refractivity contribution in [3.8, 4) is 0 Å². The first-order valence-electron chi connectivity index (χ1n) is 7.12. The Bertz CT molecular complexity index is 615. The molecule has 1 saturated heterocycles. The Morgan fingerprint density at radius 2 is 2.29 bits per heavy atom. The fourth-order valence-electron chi connectivity index (χ4n) is 2.53. The molecule has 0 spiro atoms. The van der Waals surface area contributed by atoms with Crippen LogP contribution in [0.5, 0.6) is 0 Å². The number of aryl methyl sites for hydroxylation is 1. The Kier molecular flexibility index (Phi) is 4.82. The van der Waals surface area contributed by atoms with Crippen LogP contribution in [-0.4, -0.2) is 49.0 Å². The fraction of sp³-hybridized carbons (Fsp3) is 0.571. The summed E-state index contributed by atoms with van der Waals surface area (Å²) in [6.45, 7) is 8.88. The zero-order valence-corrected chi connectivity index (χ0v) is 13.4. The SMILES string of the molecule is C=CCNc1cc(C)nc(N(CC)C2CCS(=O)(=O)C2)n1. The summed E-state index contributed by atoms with van der Waals surface area (Å²) in [5.41, 5.74) is 0.853. The topological polar surface area (TPSA) is 75.2 Å². The van der Waals surface area contributed by atoms with E-state index in [9.17, 15) is 8.42 Å². The van der Waals surface area contributed by atoms with Gasteiger partial charge in [0.15, 0.2) is 9.84 Å². The predicted octanol–water partition coefficient (Wildman–Crippen LogP) is 1.40. The molecule has 2 rings (SSSR count). The van der Waals surface area contributed by atoms with Crippen molar-refractivity contribution in [3.63, 3.8) is 0 Å². The highest BCUT2D eigenvalue weighted by molar-refractivity contribution is 7.91.